The van der Waals surface area contributed by atoms with Gasteiger partial charge in [-0.25, -0.2) is 4.98 Å². The van der Waals surface area contributed by atoms with Crippen LogP contribution < -0.4 is 21.9 Å². The van der Waals surface area contributed by atoms with Crippen LogP contribution in [0.15, 0.2) is 41.5 Å². The maximum absolute atomic E-state index is 13.2. The molecule has 1 aliphatic rings. The van der Waals surface area contributed by atoms with E-state index in [-0.39, 0.29) is 30.7 Å². The highest BCUT2D eigenvalue weighted by Gasteiger charge is 2.30. The number of nitrogens with zero attached hydrogens (tertiary/aromatic N) is 3. The Morgan fingerprint density at radius 3 is 2.84 bits per heavy atom. The molecule has 1 fully saturated rings. The third-order valence-corrected chi connectivity index (χ3v) is 5.17. The number of carbonyl (C=O) groups excluding carboxylic acids is 3. The smallest absolute Gasteiger partial charge is 0.262 e. The molecule has 4 N–H and O–H groups in total. The Bertz CT molecular complexity index is 1280. The van der Waals surface area contributed by atoms with Gasteiger partial charge in [-0.15, -0.1) is 0 Å². The lowest BCUT2D eigenvalue weighted by Gasteiger charge is -2.24. The van der Waals surface area contributed by atoms with Gasteiger partial charge in [0.1, 0.15) is 17.4 Å². The Hall–Kier alpha value is -3.92. The van der Waals surface area contributed by atoms with E-state index in [9.17, 15) is 19.2 Å². The lowest BCUT2D eigenvalue weighted by Crippen LogP contribution is -2.45. The van der Waals surface area contributed by atoms with Gasteiger partial charge in [0.2, 0.25) is 11.8 Å². The summed E-state index contributed by atoms with van der Waals surface area (Å²) in [6, 6.07) is 5.67. The maximum Gasteiger partial charge on any atom is 0.262 e. The average Bonchev–Trinajstić information content (AvgIpc) is 2.75. The molecular weight excluding hydrogens is 400 g/mol. The fourth-order valence-electron chi connectivity index (χ4n) is 3.64. The molecule has 1 aliphatic heterocycles. The van der Waals surface area contributed by atoms with Crippen molar-refractivity contribution in [3.8, 4) is 0 Å². The van der Waals surface area contributed by atoms with Crippen LogP contribution in [0.3, 0.4) is 0 Å². The molecule has 3 heterocycles. The highest BCUT2D eigenvalue weighted by molar-refractivity contribution is 6.08. The zero-order chi connectivity index (χ0) is 22.1. The summed E-state index contributed by atoms with van der Waals surface area (Å²) in [6.45, 7) is 1.86. The average molecular weight is 420 g/mol. The summed E-state index contributed by atoms with van der Waals surface area (Å²) in [5.41, 5.74) is 6.90. The first kappa shape index (κ1) is 20.4. The molecule has 0 spiro atoms. The Labute approximate surface area is 176 Å². The molecule has 0 radical (unpaired) electrons. The summed E-state index contributed by atoms with van der Waals surface area (Å²) in [7, 11) is 0. The number of hydrogen-bond donors (Lipinski definition) is 3. The number of pyridine rings is 1. The van der Waals surface area contributed by atoms with Crippen LogP contribution >= 0.6 is 0 Å². The van der Waals surface area contributed by atoms with Crippen molar-refractivity contribution < 1.29 is 14.4 Å². The predicted octanol–water partition coefficient (Wildman–Crippen LogP) is 0.789. The van der Waals surface area contributed by atoms with Crippen molar-refractivity contribution in [1.29, 1.82) is 0 Å². The molecule has 3 amide bonds. The van der Waals surface area contributed by atoms with Crippen molar-refractivity contribution in [3.05, 3.63) is 64.0 Å². The van der Waals surface area contributed by atoms with E-state index >= 15 is 0 Å². The Morgan fingerprint density at radius 1 is 1.29 bits per heavy atom. The second kappa shape index (κ2) is 8.07. The van der Waals surface area contributed by atoms with Crippen molar-refractivity contribution in [3.63, 3.8) is 0 Å². The molecule has 31 heavy (non-hydrogen) atoms. The molecule has 10 nitrogen and oxygen atoms in total. The third-order valence-electron chi connectivity index (χ3n) is 5.17. The van der Waals surface area contributed by atoms with Crippen molar-refractivity contribution in [2.24, 2.45) is 5.73 Å². The monoisotopic (exact) mass is 420 g/mol. The molecular formula is C21H20N6O4. The van der Waals surface area contributed by atoms with Gasteiger partial charge in [0.05, 0.1) is 16.6 Å². The number of nitrogens with one attached hydrogen (secondary N) is 2. The van der Waals surface area contributed by atoms with E-state index in [0.29, 0.717) is 28.2 Å². The predicted molar refractivity (Wildman–Crippen MR) is 112 cm³/mol. The maximum atomic E-state index is 13.2. The molecule has 0 aliphatic carbocycles. The van der Waals surface area contributed by atoms with E-state index in [0.717, 1.165) is 0 Å². The Morgan fingerprint density at radius 2 is 2.10 bits per heavy atom. The van der Waals surface area contributed by atoms with Crippen molar-refractivity contribution in [2.45, 2.75) is 32.4 Å². The first-order chi connectivity index (χ1) is 14.9. The number of fused-ring (bicyclic) bond motifs is 1. The number of para-hydroxylation sites is 1. The number of amides is 3. The van der Waals surface area contributed by atoms with Gasteiger partial charge >= 0.3 is 0 Å². The lowest BCUT2D eigenvalue weighted by molar-refractivity contribution is -0.135. The van der Waals surface area contributed by atoms with Crippen LogP contribution in [0.1, 0.15) is 40.6 Å². The van der Waals surface area contributed by atoms with Crippen LogP contribution in [0, 0.1) is 6.92 Å². The summed E-state index contributed by atoms with van der Waals surface area (Å²) in [5, 5.41) is 5.28. The van der Waals surface area contributed by atoms with Gasteiger partial charge < -0.3 is 11.1 Å². The number of carbonyl (C=O) groups is 3. The molecule has 1 saturated heterocycles. The van der Waals surface area contributed by atoms with Crippen LogP contribution in [0.5, 0.6) is 0 Å². The minimum Gasteiger partial charge on any atom is -0.326 e. The molecule has 2 aromatic heterocycles. The number of aryl methyl sites for hydroxylation is 1. The van der Waals surface area contributed by atoms with Crippen LogP contribution in [-0.2, 0) is 16.1 Å². The molecule has 158 valence electrons. The molecule has 1 aromatic carbocycles. The SMILES string of the molecule is Cc1nc2c(NC(=O)c3cncc(CN)c3)cccc2c(=O)n1C1CCC(=O)NC1=O. The van der Waals surface area contributed by atoms with E-state index in [1.807, 2.05) is 0 Å². The van der Waals surface area contributed by atoms with Crippen molar-refractivity contribution in [1.82, 2.24) is 19.9 Å². The van der Waals surface area contributed by atoms with Gasteiger partial charge in [-0.2, -0.15) is 0 Å². The summed E-state index contributed by atoms with van der Waals surface area (Å²) in [5.74, 6) is -0.997. The van der Waals surface area contributed by atoms with Crippen LogP contribution in [0.25, 0.3) is 10.9 Å². The summed E-state index contributed by atoms with van der Waals surface area (Å²) >= 11 is 0. The van der Waals surface area contributed by atoms with Crippen LogP contribution in [0.4, 0.5) is 5.69 Å². The topological polar surface area (TPSA) is 149 Å². The highest BCUT2D eigenvalue weighted by atomic mass is 16.2. The molecule has 3 aromatic rings. The van der Waals surface area contributed by atoms with Gasteiger partial charge in [0, 0.05) is 25.4 Å². The van der Waals surface area contributed by atoms with Crippen LogP contribution in [0.2, 0.25) is 0 Å². The van der Waals surface area contributed by atoms with Gasteiger partial charge in [-0.05, 0) is 37.1 Å². The summed E-state index contributed by atoms with van der Waals surface area (Å²) in [4.78, 5) is 58.1. The van der Waals surface area contributed by atoms with Gasteiger partial charge in [-0.1, -0.05) is 6.07 Å². The summed E-state index contributed by atoms with van der Waals surface area (Å²) < 4.78 is 1.30. The first-order valence-corrected chi connectivity index (χ1v) is 9.70. The van der Waals surface area contributed by atoms with Gasteiger partial charge in [0.25, 0.3) is 11.5 Å². The normalized spacial score (nSPS) is 16.3. The standard InChI is InChI=1S/C21H20N6O4/c1-11-24-18-14(21(31)27(11)16-5-6-17(28)26-20(16)30)3-2-4-15(18)25-19(29)13-7-12(8-22)9-23-10-13/h2-4,7,9-10,16H,5-6,8,22H2,1H3,(H,25,29)(H,26,28,30). The number of piperidine rings is 1. The lowest BCUT2D eigenvalue weighted by atomic mass is 10.1. The molecule has 1 unspecified atom stereocenters. The second-order valence-corrected chi connectivity index (χ2v) is 7.24. The Kier molecular flexibility index (Phi) is 5.30. The molecule has 0 saturated carbocycles. The fraction of sp³-hybridized carbons (Fsp3) is 0.238. The van der Waals surface area contributed by atoms with E-state index in [4.69, 9.17) is 5.73 Å². The molecule has 1 atom stereocenters. The number of benzene rings is 1. The Balaban J connectivity index is 1.74. The van der Waals surface area contributed by atoms with E-state index < -0.39 is 23.4 Å². The minimum atomic E-state index is -0.814. The fourth-order valence-corrected chi connectivity index (χ4v) is 3.64. The number of hydrogen-bond acceptors (Lipinski definition) is 7. The van der Waals surface area contributed by atoms with E-state index in [2.05, 4.69) is 20.6 Å². The van der Waals surface area contributed by atoms with E-state index in [1.165, 1.54) is 10.8 Å². The minimum absolute atomic E-state index is 0.145. The molecule has 4 rings (SSSR count). The van der Waals surface area contributed by atoms with Crippen LogP contribution in [-0.4, -0.2) is 32.3 Å². The highest BCUT2D eigenvalue weighted by Crippen LogP contribution is 2.24. The van der Waals surface area contributed by atoms with Crippen molar-refractivity contribution in [2.75, 3.05) is 5.32 Å². The molecule has 10 heteroatoms. The van der Waals surface area contributed by atoms with E-state index in [1.54, 1.807) is 37.4 Å². The zero-order valence-electron chi connectivity index (χ0n) is 16.7. The van der Waals surface area contributed by atoms with Gasteiger partial charge in [0.15, 0.2) is 0 Å². The number of rotatable bonds is 4. The third kappa shape index (κ3) is 3.80. The largest absolute Gasteiger partial charge is 0.326 e. The number of nitrogens with two attached hydrogens (primary N) is 1. The van der Waals surface area contributed by atoms with Crippen molar-refractivity contribution >= 4 is 34.3 Å². The summed E-state index contributed by atoms with van der Waals surface area (Å²) in [6.07, 6.45) is 3.37. The number of aromatic nitrogens is 3. The van der Waals surface area contributed by atoms with Gasteiger partial charge in [-0.3, -0.25) is 34.0 Å². The zero-order valence-corrected chi connectivity index (χ0v) is 16.7. The second-order valence-electron chi connectivity index (χ2n) is 7.24. The molecule has 0 bridgehead atoms. The number of imide groups is 1. The number of anilines is 1. The first-order valence-electron chi connectivity index (χ1n) is 9.70. The quantitative estimate of drug-likeness (QED) is 0.528.